The van der Waals surface area contributed by atoms with Gasteiger partial charge in [0.2, 0.25) is 0 Å². The van der Waals surface area contributed by atoms with Gasteiger partial charge >= 0.3 is 0 Å². The van der Waals surface area contributed by atoms with E-state index in [1.807, 2.05) is 36.5 Å². The molecule has 2 heterocycles. The molecule has 0 spiro atoms. The van der Waals surface area contributed by atoms with Crippen LogP contribution in [-0.2, 0) is 6.42 Å². The van der Waals surface area contributed by atoms with Crippen LogP contribution in [0.15, 0.2) is 83.4 Å². The highest BCUT2D eigenvalue weighted by Gasteiger charge is 2.14. The molecule has 4 nitrogen and oxygen atoms in total. The SMILES string of the molecule is O=C(Nc1ncc(Cc2cccc3ccccc23)s1)c1cc2ccccc2o1. The standard InChI is InChI=1S/C23H16N2O2S/c26-22(21-13-17-7-2-4-11-20(17)27-21)25-23-24-14-18(28-23)12-16-9-5-8-15-6-1-3-10-19(15)16/h1-11,13-14H,12H2,(H,24,25,26). The molecule has 2 aromatic heterocycles. The fourth-order valence-corrected chi connectivity index (χ4v) is 4.16. The number of para-hydroxylation sites is 1. The molecule has 1 amide bonds. The molecule has 5 rings (SSSR count). The zero-order valence-electron chi connectivity index (χ0n) is 14.9. The molecular formula is C23H16N2O2S. The van der Waals surface area contributed by atoms with Crippen LogP contribution >= 0.6 is 11.3 Å². The number of fused-ring (bicyclic) bond motifs is 2. The summed E-state index contributed by atoms with van der Waals surface area (Å²) in [6, 6.07) is 24.0. The Kier molecular flexibility index (Phi) is 4.14. The highest BCUT2D eigenvalue weighted by molar-refractivity contribution is 7.15. The van der Waals surface area contributed by atoms with Crippen molar-refractivity contribution in [2.45, 2.75) is 6.42 Å². The number of thiazole rings is 1. The number of hydrogen-bond donors (Lipinski definition) is 1. The Morgan fingerprint density at radius 2 is 1.75 bits per heavy atom. The third-order valence-corrected chi connectivity index (χ3v) is 5.58. The lowest BCUT2D eigenvalue weighted by molar-refractivity contribution is 0.0998. The molecule has 0 radical (unpaired) electrons. The molecule has 0 fully saturated rings. The van der Waals surface area contributed by atoms with E-state index in [2.05, 4.69) is 46.7 Å². The first-order chi connectivity index (χ1) is 13.8. The average Bonchev–Trinajstić information content (AvgIpc) is 3.35. The van der Waals surface area contributed by atoms with Gasteiger partial charge in [0.25, 0.3) is 5.91 Å². The van der Waals surface area contributed by atoms with Crippen molar-refractivity contribution < 1.29 is 9.21 Å². The largest absolute Gasteiger partial charge is 0.451 e. The minimum absolute atomic E-state index is 0.284. The van der Waals surface area contributed by atoms with Crippen molar-refractivity contribution in [3.8, 4) is 0 Å². The van der Waals surface area contributed by atoms with Gasteiger partial charge in [-0.3, -0.25) is 10.1 Å². The number of anilines is 1. The van der Waals surface area contributed by atoms with Crippen LogP contribution in [-0.4, -0.2) is 10.9 Å². The summed E-state index contributed by atoms with van der Waals surface area (Å²) in [5.74, 6) is -0.00531. The van der Waals surface area contributed by atoms with Crippen molar-refractivity contribution in [2.75, 3.05) is 5.32 Å². The van der Waals surface area contributed by atoms with E-state index >= 15 is 0 Å². The smallest absolute Gasteiger partial charge is 0.293 e. The van der Waals surface area contributed by atoms with Crippen molar-refractivity contribution in [1.29, 1.82) is 0 Å². The van der Waals surface area contributed by atoms with Gasteiger partial charge < -0.3 is 4.42 Å². The molecule has 0 bridgehead atoms. The summed E-state index contributed by atoms with van der Waals surface area (Å²) < 4.78 is 5.62. The van der Waals surface area contributed by atoms with Gasteiger partial charge in [-0.25, -0.2) is 4.98 Å². The summed E-state index contributed by atoms with van der Waals surface area (Å²) in [7, 11) is 0. The van der Waals surface area contributed by atoms with Gasteiger partial charge in [-0.2, -0.15) is 0 Å². The molecule has 5 heteroatoms. The Hall–Kier alpha value is -3.44. The maximum Gasteiger partial charge on any atom is 0.293 e. The highest BCUT2D eigenvalue weighted by Crippen LogP contribution is 2.26. The molecule has 3 aromatic carbocycles. The molecule has 0 atom stereocenters. The van der Waals surface area contributed by atoms with Crippen LogP contribution in [0.3, 0.4) is 0 Å². The van der Waals surface area contributed by atoms with E-state index in [1.54, 1.807) is 6.07 Å². The van der Waals surface area contributed by atoms with Crippen LogP contribution in [0, 0.1) is 0 Å². The van der Waals surface area contributed by atoms with E-state index in [0.717, 1.165) is 16.7 Å². The summed E-state index contributed by atoms with van der Waals surface area (Å²) in [4.78, 5) is 17.9. The van der Waals surface area contributed by atoms with Gasteiger partial charge in [-0.15, -0.1) is 11.3 Å². The molecule has 0 unspecified atom stereocenters. The summed E-state index contributed by atoms with van der Waals surface area (Å²) in [5.41, 5.74) is 1.94. The number of carbonyl (C=O) groups is 1. The monoisotopic (exact) mass is 384 g/mol. The molecular weight excluding hydrogens is 368 g/mol. The molecule has 0 aliphatic rings. The lowest BCUT2D eigenvalue weighted by Gasteiger charge is -2.04. The fraction of sp³-hybridized carbons (Fsp3) is 0.0435. The maximum atomic E-state index is 12.5. The third kappa shape index (κ3) is 3.17. The van der Waals surface area contributed by atoms with Crippen molar-refractivity contribution in [1.82, 2.24) is 4.98 Å². The zero-order chi connectivity index (χ0) is 18.9. The van der Waals surface area contributed by atoms with E-state index in [4.69, 9.17) is 4.42 Å². The molecule has 0 saturated carbocycles. The van der Waals surface area contributed by atoms with Crippen LogP contribution in [0.4, 0.5) is 5.13 Å². The third-order valence-electron chi connectivity index (χ3n) is 4.67. The molecule has 28 heavy (non-hydrogen) atoms. The van der Waals surface area contributed by atoms with Gasteiger partial charge in [0, 0.05) is 22.9 Å². The molecule has 1 N–H and O–H groups in total. The van der Waals surface area contributed by atoms with Gasteiger partial charge in [0.1, 0.15) is 5.58 Å². The number of nitrogens with one attached hydrogen (secondary N) is 1. The minimum atomic E-state index is -0.290. The summed E-state index contributed by atoms with van der Waals surface area (Å²) in [6.07, 6.45) is 2.60. The van der Waals surface area contributed by atoms with Crippen LogP contribution < -0.4 is 5.32 Å². The quantitative estimate of drug-likeness (QED) is 0.421. The molecule has 136 valence electrons. The number of amides is 1. The number of furan rings is 1. The predicted molar refractivity (Wildman–Crippen MR) is 113 cm³/mol. The number of benzene rings is 3. The second-order valence-corrected chi connectivity index (χ2v) is 7.66. The van der Waals surface area contributed by atoms with E-state index < -0.39 is 0 Å². The fourth-order valence-electron chi connectivity index (χ4n) is 3.33. The molecule has 0 aliphatic heterocycles. The van der Waals surface area contributed by atoms with Gasteiger partial charge in [-0.1, -0.05) is 60.7 Å². The first kappa shape index (κ1) is 16.7. The summed E-state index contributed by atoms with van der Waals surface area (Å²) in [5, 5.41) is 6.78. The summed E-state index contributed by atoms with van der Waals surface area (Å²) >= 11 is 1.48. The Morgan fingerprint density at radius 3 is 2.64 bits per heavy atom. The van der Waals surface area contributed by atoms with Crippen LogP contribution in [0.1, 0.15) is 21.0 Å². The maximum absolute atomic E-state index is 12.5. The minimum Gasteiger partial charge on any atom is -0.451 e. The summed E-state index contributed by atoms with van der Waals surface area (Å²) in [6.45, 7) is 0. The Labute approximate surface area is 165 Å². The first-order valence-corrected chi connectivity index (χ1v) is 9.79. The Balaban J connectivity index is 1.35. The van der Waals surface area contributed by atoms with Crippen LogP contribution in [0.25, 0.3) is 21.7 Å². The van der Waals surface area contributed by atoms with Crippen LogP contribution in [0.2, 0.25) is 0 Å². The second-order valence-electron chi connectivity index (χ2n) is 6.55. The Morgan fingerprint density at radius 1 is 0.964 bits per heavy atom. The number of rotatable bonds is 4. The van der Waals surface area contributed by atoms with Crippen molar-refractivity contribution >= 4 is 44.1 Å². The lowest BCUT2D eigenvalue weighted by Crippen LogP contribution is -2.10. The van der Waals surface area contributed by atoms with Gasteiger partial charge in [0.05, 0.1) is 0 Å². The topological polar surface area (TPSA) is 55.1 Å². The highest BCUT2D eigenvalue weighted by atomic mass is 32.1. The van der Waals surface area contributed by atoms with E-state index in [0.29, 0.717) is 10.7 Å². The zero-order valence-corrected chi connectivity index (χ0v) is 15.7. The normalized spacial score (nSPS) is 11.1. The van der Waals surface area contributed by atoms with Gasteiger partial charge in [-0.05, 0) is 28.5 Å². The van der Waals surface area contributed by atoms with Gasteiger partial charge in [0.15, 0.2) is 10.9 Å². The van der Waals surface area contributed by atoms with Crippen molar-refractivity contribution in [3.05, 3.63) is 95.2 Å². The van der Waals surface area contributed by atoms with E-state index in [1.165, 1.54) is 27.7 Å². The number of aromatic nitrogens is 1. The molecule has 0 aliphatic carbocycles. The number of nitrogens with zero attached hydrogens (tertiary/aromatic N) is 1. The second kappa shape index (κ2) is 6.94. The average molecular weight is 384 g/mol. The lowest BCUT2D eigenvalue weighted by atomic mass is 10.0. The van der Waals surface area contributed by atoms with E-state index in [9.17, 15) is 4.79 Å². The number of carbonyl (C=O) groups excluding carboxylic acids is 1. The van der Waals surface area contributed by atoms with Crippen molar-refractivity contribution in [3.63, 3.8) is 0 Å². The van der Waals surface area contributed by atoms with E-state index in [-0.39, 0.29) is 11.7 Å². The predicted octanol–water partition coefficient (Wildman–Crippen LogP) is 5.89. The van der Waals surface area contributed by atoms with Crippen LogP contribution in [0.5, 0.6) is 0 Å². The Bertz CT molecular complexity index is 1260. The first-order valence-electron chi connectivity index (χ1n) is 8.97. The van der Waals surface area contributed by atoms with Crippen molar-refractivity contribution in [2.24, 2.45) is 0 Å². The molecule has 5 aromatic rings. The molecule has 0 saturated heterocycles. The number of hydrogen-bond acceptors (Lipinski definition) is 4.